The van der Waals surface area contributed by atoms with Crippen molar-refractivity contribution in [3.8, 4) is 5.75 Å². The highest BCUT2D eigenvalue weighted by molar-refractivity contribution is 14.0. The lowest BCUT2D eigenvalue weighted by molar-refractivity contribution is -0.190. The highest BCUT2D eigenvalue weighted by atomic mass is 127. The third kappa shape index (κ3) is 6.50. The second kappa shape index (κ2) is 10.5. The van der Waals surface area contributed by atoms with Crippen LogP contribution in [0, 0.1) is 5.92 Å². The van der Waals surface area contributed by atoms with Gasteiger partial charge in [0.2, 0.25) is 0 Å². The van der Waals surface area contributed by atoms with Crippen LogP contribution >= 0.6 is 24.0 Å². The Balaban J connectivity index is 0.00000261. The number of ether oxygens (including phenoxy) is 3. The molecule has 3 N–H and O–H groups in total. The number of guanidine groups is 1. The molecule has 1 atom stereocenters. The summed E-state index contributed by atoms with van der Waals surface area (Å²) in [6, 6.07) is 8.04. The topological polar surface area (TPSA) is 78.1 Å². The molecule has 1 aromatic rings. The smallest absolute Gasteiger partial charge is 0.188 e. The van der Waals surface area contributed by atoms with E-state index in [0.29, 0.717) is 19.1 Å². The van der Waals surface area contributed by atoms with Crippen LogP contribution in [0.25, 0.3) is 0 Å². The molecule has 0 aromatic heterocycles. The Labute approximate surface area is 179 Å². The van der Waals surface area contributed by atoms with Crippen LogP contribution in [0.1, 0.15) is 38.2 Å². The predicted molar refractivity (Wildman–Crippen MR) is 118 cm³/mol. The van der Waals surface area contributed by atoms with Crippen LogP contribution in [0.4, 0.5) is 0 Å². The van der Waals surface area contributed by atoms with Gasteiger partial charge in [-0.15, -0.1) is 24.0 Å². The van der Waals surface area contributed by atoms with E-state index in [9.17, 15) is 0 Å². The van der Waals surface area contributed by atoms with Gasteiger partial charge in [0.15, 0.2) is 11.7 Å². The summed E-state index contributed by atoms with van der Waals surface area (Å²) in [4.78, 5) is 4.42. The van der Waals surface area contributed by atoms with Crippen LogP contribution in [0.2, 0.25) is 0 Å². The lowest BCUT2D eigenvalue weighted by Crippen LogP contribution is -2.36. The van der Waals surface area contributed by atoms with E-state index in [4.69, 9.17) is 19.9 Å². The summed E-state index contributed by atoms with van der Waals surface area (Å²) >= 11 is 0. The number of nitrogens with zero attached hydrogens (tertiary/aromatic N) is 1. The Bertz CT molecular complexity index is 601. The second-order valence-corrected chi connectivity index (χ2v) is 7.39. The summed E-state index contributed by atoms with van der Waals surface area (Å²) in [5.41, 5.74) is 7.20. The Morgan fingerprint density at radius 1 is 1.30 bits per heavy atom. The summed E-state index contributed by atoms with van der Waals surface area (Å²) in [7, 11) is 1.67. The van der Waals surface area contributed by atoms with Crippen LogP contribution in [0.5, 0.6) is 5.75 Å². The first-order valence-corrected chi connectivity index (χ1v) is 9.57. The number of methoxy groups -OCH3 is 1. The first-order valence-electron chi connectivity index (χ1n) is 9.57. The maximum absolute atomic E-state index is 6.16. The van der Waals surface area contributed by atoms with E-state index < -0.39 is 0 Å². The van der Waals surface area contributed by atoms with E-state index in [1.807, 2.05) is 12.1 Å². The molecule has 27 heavy (non-hydrogen) atoms. The number of hydrogen-bond acceptors (Lipinski definition) is 4. The minimum Gasteiger partial charge on any atom is -0.497 e. The van der Waals surface area contributed by atoms with Crippen molar-refractivity contribution in [3.63, 3.8) is 0 Å². The molecule has 1 aromatic carbocycles. The summed E-state index contributed by atoms with van der Waals surface area (Å²) in [5.74, 6) is 1.74. The van der Waals surface area contributed by atoms with Gasteiger partial charge in [-0.3, -0.25) is 4.99 Å². The number of benzene rings is 1. The molecular weight excluding hydrogens is 457 g/mol. The minimum absolute atomic E-state index is 0. The summed E-state index contributed by atoms with van der Waals surface area (Å²) in [6.45, 7) is 4.18. The number of nitrogens with two attached hydrogens (primary N) is 1. The number of halogens is 1. The van der Waals surface area contributed by atoms with Crippen LogP contribution in [-0.4, -0.2) is 44.7 Å². The molecule has 1 saturated carbocycles. The van der Waals surface area contributed by atoms with Crippen molar-refractivity contribution in [3.05, 3.63) is 29.8 Å². The molecule has 1 saturated heterocycles. The zero-order valence-electron chi connectivity index (χ0n) is 16.3. The van der Waals surface area contributed by atoms with Gasteiger partial charge in [0.1, 0.15) is 11.9 Å². The molecule has 0 bridgehead atoms. The van der Waals surface area contributed by atoms with Crippen molar-refractivity contribution >= 4 is 29.9 Å². The van der Waals surface area contributed by atoms with E-state index in [0.717, 1.165) is 37.5 Å². The van der Waals surface area contributed by atoms with Gasteiger partial charge in [-0.1, -0.05) is 19.1 Å². The Morgan fingerprint density at radius 2 is 2.00 bits per heavy atom. The van der Waals surface area contributed by atoms with Crippen LogP contribution in [-0.2, 0) is 15.9 Å². The van der Waals surface area contributed by atoms with Gasteiger partial charge in [0, 0.05) is 19.4 Å². The molecule has 2 aliphatic rings. The van der Waals surface area contributed by atoms with Gasteiger partial charge in [0.05, 0.1) is 20.3 Å². The van der Waals surface area contributed by atoms with Gasteiger partial charge in [-0.25, -0.2) is 0 Å². The standard InChI is InChI=1S/C20H31N3O3.HI/c1-15-7-10-20(11-8-15)25-14-18(26-20)13-23-19(21)22-12-9-16-3-5-17(24-2)6-4-16;/h3-6,15,18H,7-14H2,1-2H3,(H3,21,22,23);1H. The molecule has 1 aliphatic carbocycles. The van der Waals surface area contributed by atoms with Crippen molar-refractivity contribution in [2.75, 3.05) is 26.8 Å². The summed E-state index contributed by atoms with van der Waals surface area (Å²) in [5, 5.41) is 3.16. The number of rotatable bonds is 6. The largest absolute Gasteiger partial charge is 0.497 e. The van der Waals surface area contributed by atoms with Gasteiger partial charge >= 0.3 is 0 Å². The molecule has 152 valence electrons. The molecule has 3 rings (SSSR count). The van der Waals surface area contributed by atoms with Gasteiger partial charge < -0.3 is 25.3 Å². The lowest BCUT2D eigenvalue weighted by atomic mass is 9.86. The number of nitrogens with one attached hydrogen (secondary N) is 1. The van der Waals surface area contributed by atoms with Gasteiger partial charge in [0.25, 0.3) is 0 Å². The van der Waals surface area contributed by atoms with Crippen molar-refractivity contribution in [1.29, 1.82) is 0 Å². The van der Waals surface area contributed by atoms with Crippen LogP contribution < -0.4 is 15.8 Å². The van der Waals surface area contributed by atoms with Crippen molar-refractivity contribution in [1.82, 2.24) is 5.32 Å². The third-order valence-corrected chi connectivity index (χ3v) is 5.29. The monoisotopic (exact) mass is 489 g/mol. The summed E-state index contributed by atoms with van der Waals surface area (Å²) in [6.07, 6.45) is 5.21. The molecule has 1 spiro atoms. The van der Waals surface area contributed by atoms with Crippen LogP contribution in [0.15, 0.2) is 29.3 Å². The quantitative estimate of drug-likeness (QED) is 0.365. The molecule has 1 unspecified atom stereocenters. The van der Waals surface area contributed by atoms with E-state index in [1.54, 1.807) is 7.11 Å². The van der Waals surface area contributed by atoms with Crippen molar-refractivity contribution < 1.29 is 14.2 Å². The van der Waals surface area contributed by atoms with Crippen molar-refractivity contribution in [2.45, 2.75) is 50.9 Å². The van der Waals surface area contributed by atoms with Crippen molar-refractivity contribution in [2.24, 2.45) is 16.6 Å². The number of hydrogen-bond donors (Lipinski definition) is 2. The van der Waals surface area contributed by atoms with E-state index in [-0.39, 0.29) is 35.9 Å². The first-order chi connectivity index (χ1) is 12.6. The summed E-state index contributed by atoms with van der Waals surface area (Å²) < 4.78 is 17.3. The van der Waals surface area contributed by atoms with Crippen LogP contribution in [0.3, 0.4) is 0 Å². The molecule has 0 radical (unpaired) electrons. The second-order valence-electron chi connectivity index (χ2n) is 7.39. The van der Waals surface area contributed by atoms with Gasteiger partial charge in [-0.2, -0.15) is 0 Å². The average Bonchev–Trinajstić information content (AvgIpc) is 3.06. The fourth-order valence-electron chi connectivity index (χ4n) is 3.55. The Hall–Kier alpha value is -1.06. The molecule has 6 nitrogen and oxygen atoms in total. The minimum atomic E-state index is -0.358. The van der Waals surface area contributed by atoms with E-state index >= 15 is 0 Å². The molecule has 7 heteroatoms. The van der Waals surface area contributed by atoms with E-state index in [1.165, 1.54) is 18.4 Å². The normalized spacial score (nSPS) is 28.0. The zero-order valence-corrected chi connectivity index (χ0v) is 18.6. The Kier molecular flexibility index (Phi) is 8.62. The van der Waals surface area contributed by atoms with E-state index in [2.05, 4.69) is 29.4 Å². The molecule has 1 aliphatic heterocycles. The SMILES string of the molecule is COc1ccc(CCNC(N)=NCC2COC3(CCC(C)CC3)O2)cc1.I. The number of aliphatic imine (C=N–C) groups is 1. The highest BCUT2D eigenvalue weighted by Gasteiger charge is 2.43. The fourth-order valence-corrected chi connectivity index (χ4v) is 3.55. The lowest BCUT2D eigenvalue weighted by Gasteiger charge is -2.34. The fraction of sp³-hybridized carbons (Fsp3) is 0.650. The molecule has 0 amide bonds. The Morgan fingerprint density at radius 3 is 2.67 bits per heavy atom. The first kappa shape index (κ1) is 22.2. The molecule has 2 fully saturated rings. The molecule has 1 heterocycles. The molecular formula is C20H32IN3O3. The zero-order chi connectivity index (χ0) is 18.4. The van der Waals surface area contributed by atoms with Gasteiger partial charge in [-0.05, 0) is 42.9 Å². The predicted octanol–water partition coefficient (Wildman–Crippen LogP) is 3.08. The third-order valence-electron chi connectivity index (χ3n) is 5.29. The maximum atomic E-state index is 6.16. The highest BCUT2D eigenvalue weighted by Crippen LogP contribution is 2.39. The average molecular weight is 489 g/mol. The maximum Gasteiger partial charge on any atom is 0.188 e.